The number of anilines is 1. The molecule has 4 nitrogen and oxygen atoms in total. The number of hydrogen-bond donors (Lipinski definition) is 0. The largest absolute Gasteiger partial charge is 0.325 e. The van der Waals surface area contributed by atoms with Gasteiger partial charge in [0.15, 0.2) is 5.78 Å². The maximum Gasteiger partial charge on any atom is 0.325 e. The van der Waals surface area contributed by atoms with Crippen molar-refractivity contribution in [3.8, 4) is 0 Å². The van der Waals surface area contributed by atoms with E-state index >= 15 is 0 Å². The van der Waals surface area contributed by atoms with E-state index in [2.05, 4.69) is 0 Å². The fourth-order valence-electron chi connectivity index (χ4n) is 3.06. The molecule has 2 aromatic rings. The summed E-state index contributed by atoms with van der Waals surface area (Å²) in [4.78, 5) is 26.3. The van der Waals surface area contributed by atoms with Crippen molar-refractivity contribution in [3.05, 3.63) is 64.2 Å². The van der Waals surface area contributed by atoms with E-state index in [-0.39, 0.29) is 40.7 Å². The van der Waals surface area contributed by atoms with Gasteiger partial charge in [-0.05, 0) is 31.2 Å². The summed E-state index contributed by atoms with van der Waals surface area (Å²) in [7, 11) is 0. The second kappa shape index (κ2) is 8.02. The molecule has 1 heterocycles. The topological polar surface area (TPSA) is 40.6 Å². The molecule has 9 heteroatoms. The number of likely N-dealkylation sites (tertiary alicyclic amines) is 1. The number of benzene rings is 2. The second-order valence-electron chi connectivity index (χ2n) is 6.86. The maximum absolute atomic E-state index is 14.5. The zero-order valence-electron chi connectivity index (χ0n) is 15.4. The van der Waals surface area contributed by atoms with Crippen molar-refractivity contribution in [2.24, 2.45) is 0 Å². The predicted molar refractivity (Wildman–Crippen MR) is 101 cm³/mol. The fraction of sp³-hybridized carbons (Fsp3) is 0.300. The Balaban J connectivity index is 1.95. The highest BCUT2D eigenvalue weighted by atomic mass is 35.5. The van der Waals surface area contributed by atoms with Crippen molar-refractivity contribution in [1.29, 1.82) is 0 Å². The monoisotopic (exact) mass is 428 g/mol. The maximum atomic E-state index is 14.5. The summed E-state index contributed by atoms with van der Waals surface area (Å²) < 4.78 is 55.2. The van der Waals surface area contributed by atoms with Crippen LogP contribution in [0.4, 0.5) is 28.0 Å². The summed E-state index contributed by atoms with van der Waals surface area (Å²) in [5.74, 6) is -4.77. The number of hydrogen-bond acceptors (Lipinski definition) is 2. The standard InChI is InChI=1S/C20H17ClF4N2O2/c1-12(28)13-2-3-14(18(23)8-13)10-27(15-4-5-17(22)16(21)9-15)19(29)26-7-6-20(24,25)11-26/h2-5,8-9H,6-7,10-11H2,1H3. The summed E-state index contributed by atoms with van der Waals surface area (Å²) in [6.45, 7) is 0.0528. The molecule has 0 atom stereocenters. The third kappa shape index (κ3) is 4.70. The number of urea groups is 1. The summed E-state index contributed by atoms with van der Waals surface area (Å²) >= 11 is 5.80. The van der Waals surface area contributed by atoms with Gasteiger partial charge in [0, 0.05) is 29.8 Å². The van der Waals surface area contributed by atoms with Crippen molar-refractivity contribution >= 4 is 29.1 Å². The molecule has 0 aliphatic carbocycles. The molecule has 0 radical (unpaired) electrons. The van der Waals surface area contributed by atoms with Crippen molar-refractivity contribution < 1.29 is 27.2 Å². The number of rotatable bonds is 4. The van der Waals surface area contributed by atoms with Crippen LogP contribution >= 0.6 is 11.6 Å². The molecule has 2 amide bonds. The lowest BCUT2D eigenvalue weighted by atomic mass is 10.1. The zero-order valence-corrected chi connectivity index (χ0v) is 16.1. The molecule has 0 saturated carbocycles. The third-order valence-corrected chi connectivity index (χ3v) is 4.96. The van der Waals surface area contributed by atoms with Gasteiger partial charge >= 0.3 is 6.03 Å². The Morgan fingerprint density at radius 1 is 1.14 bits per heavy atom. The Labute approximate surface area is 169 Å². The van der Waals surface area contributed by atoms with E-state index in [0.29, 0.717) is 0 Å². The van der Waals surface area contributed by atoms with E-state index in [9.17, 15) is 27.2 Å². The van der Waals surface area contributed by atoms with Gasteiger partial charge in [-0.1, -0.05) is 23.7 Å². The molecule has 3 rings (SSSR count). The van der Waals surface area contributed by atoms with E-state index in [4.69, 9.17) is 11.6 Å². The first-order valence-corrected chi connectivity index (χ1v) is 9.14. The lowest BCUT2D eigenvalue weighted by Crippen LogP contribution is -2.43. The minimum absolute atomic E-state index is 0.0646. The number of carbonyl (C=O) groups is 2. The van der Waals surface area contributed by atoms with E-state index in [0.717, 1.165) is 21.9 Å². The molecule has 1 saturated heterocycles. The molecule has 0 unspecified atom stereocenters. The summed E-state index contributed by atoms with van der Waals surface area (Å²) in [5.41, 5.74) is 0.356. The molecule has 0 N–H and O–H groups in total. The minimum Gasteiger partial charge on any atom is -0.318 e. The number of amides is 2. The fourth-order valence-corrected chi connectivity index (χ4v) is 3.23. The highest BCUT2D eigenvalue weighted by Crippen LogP contribution is 2.31. The van der Waals surface area contributed by atoms with Gasteiger partial charge in [-0.25, -0.2) is 22.4 Å². The van der Waals surface area contributed by atoms with Crippen LogP contribution in [0.1, 0.15) is 29.3 Å². The second-order valence-corrected chi connectivity index (χ2v) is 7.26. The first-order chi connectivity index (χ1) is 13.6. The average Bonchev–Trinajstić information content (AvgIpc) is 3.02. The Kier molecular flexibility index (Phi) is 5.84. The number of ketones is 1. The van der Waals surface area contributed by atoms with Gasteiger partial charge in [0.05, 0.1) is 18.1 Å². The van der Waals surface area contributed by atoms with Crippen molar-refractivity contribution in [3.63, 3.8) is 0 Å². The first kappa shape index (κ1) is 21.1. The Morgan fingerprint density at radius 2 is 1.86 bits per heavy atom. The molecule has 0 bridgehead atoms. The van der Waals surface area contributed by atoms with Gasteiger partial charge in [0.25, 0.3) is 5.92 Å². The van der Waals surface area contributed by atoms with Crippen LogP contribution in [0.2, 0.25) is 5.02 Å². The van der Waals surface area contributed by atoms with Gasteiger partial charge in [0.1, 0.15) is 11.6 Å². The van der Waals surface area contributed by atoms with Crippen molar-refractivity contribution in [2.45, 2.75) is 25.8 Å². The van der Waals surface area contributed by atoms with Crippen LogP contribution in [0.3, 0.4) is 0 Å². The number of carbonyl (C=O) groups excluding carboxylic acids is 2. The quantitative estimate of drug-likeness (QED) is 0.490. The van der Waals surface area contributed by atoms with Gasteiger partial charge in [-0.15, -0.1) is 0 Å². The molecule has 0 spiro atoms. The number of halogens is 5. The number of Topliss-reactive ketones (excluding diaryl/α,β-unsaturated/α-hetero) is 1. The predicted octanol–water partition coefficient (Wildman–Crippen LogP) is 5.29. The van der Waals surface area contributed by atoms with Crippen LogP contribution in [0.25, 0.3) is 0 Å². The number of nitrogens with zero attached hydrogens (tertiary/aromatic N) is 2. The van der Waals surface area contributed by atoms with Crippen LogP contribution in [-0.4, -0.2) is 35.7 Å². The van der Waals surface area contributed by atoms with E-state index in [1.165, 1.54) is 31.2 Å². The van der Waals surface area contributed by atoms with E-state index < -0.39 is 36.6 Å². The SMILES string of the molecule is CC(=O)c1ccc(CN(C(=O)N2CCC(F)(F)C2)c2ccc(F)c(Cl)c2)c(F)c1. The summed E-state index contributed by atoms with van der Waals surface area (Å²) in [5, 5.41) is -0.264. The highest BCUT2D eigenvalue weighted by Gasteiger charge is 2.41. The van der Waals surface area contributed by atoms with Crippen molar-refractivity contribution in [2.75, 3.05) is 18.0 Å². The van der Waals surface area contributed by atoms with Crippen LogP contribution < -0.4 is 4.90 Å². The number of alkyl halides is 2. The average molecular weight is 429 g/mol. The molecule has 29 heavy (non-hydrogen) atoms. The highest BCUT2D eigenvalue weighted by molar-refractivity contribution is 6.31. The van der Waals surface area contributed by atoms with Crippen LogP contribution in [-0.2, 0) is 6.54 Å². The van der Waals surface area contributed by atoms with Crippen LogP contribution in [0, 0.1) is 11.6 Å². The first-order valence-electron chi connectivity index (χ1n) is 8.76. The minimum atomic E-state index is -3.00. The smallest absolute Gasteiger partial charge is 0.318 e. The van der Waals surface area contributed by atoms with Gasteiger partial charge in [-0.3, -0.25) is 9.69 Å². The normalized spacial score (nSPS) is 15.4. The summed E-state index contributed by atoms with van der Waals surface area (Å²) in [6, 6.07) is 6.48. The Bertz CT molecular complexity index is 967. The molecular formula is C20H17ClF4N2O2. The molecule has 1 aliphatic heterocycles. The molecule has 1 aliphatic rings. The zero-order chi connectivity index (χ0) is 21.3. The molecule has 0 aromatic heterocycles. The van der Waals surface area contributed by atoms with Gasteiger partial charge in [0.2, 0.25) is 0 Å². The van der Waals surface area contributed by atoms with E-state index in [1.54, 1.807) is 0 Å². The molecule has 2 aromatic carbocycles. The van der Waals surface area contributed by atoms with Crippen LogP contribution in [0.5, 0.6) is 0 Å². The van der Waals surface area contributed by atoms with Crippen LogP contribution in [0.15, 0.2) is 36.4 Å². The van der Waals surface area contributed by atoms with Crippen molar-refractivity contribution in [1.82, 2.24) is 4.90 Å². The molecule has 1 fully saturated rings. The summed E-state index contributed by atoms with van der Waals surface area (Å²) in [6.07, 6.45) is -0.474. The molecular weight excluding hydrogens is 412 g/mol. The third-order valence-electron chi connectivity index (χ3n) is 4.67. The Morgan fingerprint density at radius 3 is 2.41 bits per heavy atom. The molecule has 154 valence electrons. The van der Waals surface area contributed by atoms with Gasteiger partial charge in [-0.2, -0.15) is 0 Å². The lowest BCUT2D eigenvalue weighted by Gasteiger charge is -2.28. The van der Waals surface area contributed by atoms with Gasteiger partial charge < -0.3 is 4.90 Å². The lowest BCUT2D eigenvalue weighted by molar-refractivity contribution is 0.0156. The van der Waals surface area contributed by atoms with E-state index in [1.807, 2.05) is 0 Å². The Hall–Kier alpha value is -2.61.